The van der Waals surface area contributed by atoms with Gasteiger partial charge in [-0.05, 0) is 42.5 Å². The smallest absolute Gasteiger partial charge is 0.416 e. The normalized spacial score (nSPS) is 12.6. The number of benzene rings is 1. The van der Waals surface area contributed by atoms with Gasteiger partial charge in [0.05, 0.1) is 23.0 Å². The van der Waals surface area contributed by atoms with Crippen LogP contribution in [0.1, 0.15) is 70.4 Å². The van der Waals surface area contributed by atoms with E-state index in [0.29, 0.717) is 24.1 Å². The third-order valence-corrected chi connectivity index (χ3v) is 7.23. The Morgan fingerprint density at radius 3 is 2.45 bits per heavy atom. The maximum Gasteiger partial charge on any atom is 0.416 e. The van der Waals surface area contributed by atoms with Crippen LogP contribution in [0.25, 0.3) is 11.3 Å². The van der Waals surface area contributed by atoms with Gasteiger partial charge in [0.2, 0.25) is 5.88 Å². The van der Waals surface area contributed by atoms with Crippen LogP contribution in [-0.4, -0.2) is 27.0 Å². The average Bonchev–Trinajstić information content (AvgIpc) is 3.35. The molecule has 1 amide bonds. The maximum atomic E-state index is 14.1. The van der Waals surface area contributed by atoms with Gasteiger partial charge in [-0.1, -0.05) is 58.9 Å². The van der Waals surface area contributed by atoms with Crippen LogP contribution < -0.4 is 10.6 Å². The van der Waals surface area contributed by atoms with Gasteiger partial charge in [-0.2, -0.15) is 13.2 Å². The predicted molar refractivity (Wildman–Crippen MR) is 145 cm³/mol. The number of nitrogens with two attached hydrogens (primary N) is 1. The summed E-state index contributed by atoms with van der Waals surface area (Å²) in [4.78, 5) is 23.0. The highest BCUT2D eigenvalue weighted by Gasteiger charge is 2.35. The first-order valence-corrected chi connectivity index (χ1v) is 13.8. The fourth-order valence-electron chi connectivity index (χ4n) is 4.08. The van der Waals surface area contributed by atoms with Crippen molar-refractivity contribution in [3.63, 3.8) is 0 Å². The number of hydrogen-bond acceptors (Lipinski definition) is 6. The first kappa shape index (κ1) is 29.6. The number of nitrogens with zero attached hydrogens (tertiary/aromatic N) is 3. The van der Waals surface area contributed by atoms with Crippen molar-refractivity contribution < 1.29 is 23.1 Å². The summed E-state index contributed by atoms with van der Waals surface area (Å²) in [6, 6.07) is 6.12. The molecule has 0 aliphatic heterocycles. The topological polar surface area (TPSA) is 92.3 Å². The van der Waals surface area contributed by atoms with E-state index in [9.17, 15) is 23.1 Å². The monoisotopic (exact) mass is 548 g/mol. The molecule has 0 radical (unpaired) electrons. The van der Waals surface area contributed by atoms with E-state index in [2.05, 4.69) is 16.9 Å². The molecule has 10 heteroatoms. The molecule has 0 saturated carbocycles. The highest BCUT2D eigenvalue weighted by Crippen LogP contribution is 2.39. The summed E-state index contributed by atoms with van der Waals surface area (Å²) < 4.78 is 42.4. The minimum atomic E-state index is -4.58. The van der Waals surface area contributed by atoms with Gasteiger partial charge in [0.15, 0.2) is 5.13 Å². The van der Waals surface area contributed by atoms with E-state index >= 15 is 0 Å². The highest BCUT2D eigenvalue weighted by molar-refractivity contribution is 7.14. The Labute approximate surface area is 225 Å². The van der Waals surface area contributed by atoms with Gasteiger partial charge >= 0.3 is 6.18 Å². The third kappa shape index (κ3) is 7.54. The molecule has 38 heavy (non-hydrogen) atoms. The predicted octanol–water partition coefficient (Wildman–Crippen LogP) is 7.48. The molecule has 0 spiro atoms. The molecule has 206 valence electrons. The number of anilines is 2. The van der Waals surface area contributed by atoms with Crippen LogP contribution in [0.2, 0.25) is 0 Å². The second-order valence-corrected chi connectivity index (χ2v) is 10.6. The van der Waals surface area contributed by atoms with Crippen LogP contribution in [0.4, 0.5) is 24.0 Å². The van der Waals surface area contributed by atoms with Gasteiger partial charge in [-0.15, -0.1) is 11.3 Å². The van der Waals surface area contributed by atoms with E-state index in [1.54, 1.807) is 25.3 Å². The molecule has 3 aromatic rings. The van der Waals surface area contributed by atoms with Crippen molar-refractivity contribution in [1.29, 1.82) is 0 Å². The number of aromatic hydroxyl groups is 1. The number of aromatic nitrogens is 2. The second-order valence-electron chi connectivity index (χ2n) is 9.72. The zero-order valence-electron chi connectivity index (χ0n) is 22.0. The van der Waals surface area contributed by atoms with E-state index in [0.717, 1.165) is 49.5 Å². The SMILES string of the molecule is CCCCCCCCc1ccc(N(C(=O)[C@@H](N)C(C)C)c2nc(-c3ccc(O)nc3)cs2)cc1C(F)(F)F. The lowest BCUT2D eigenvalue weighted by Gasteiger charge is -2.26. The summed E-state index contributed by atoms with van der Waals surface area (Å²) in [5.41, 5.74) is 6.76. The van der Waals surface area contributed by atoms with Crippen LogP contribution in [0.5, 0.6) is 5.88 Å². The summed E-state index contributed by atoms with van der Waals surface area (Å²) in [5, 5.41) is 11.3. The number of pyridine rings is 1. The van der Waals surface area contributed by atoms with Crippen molar-refractivity contribution in [2.24, 2.45) is 11.7 Å². The maximum absolute atomic E-state index is 14.1. The van der Waals surface area contributed by atoms with Crippen molar-refractivity contribution in [3.8, 4) is 17.1 Å². The van der Waals surface area contributed by atoms with E-state index < -0.39 is 23.7 Å². The molecule has 3 rings (SSSR count). The van der Waals surface area contributed by atoms with Crippen molar-refractivity contribution >= 4 is 28.1 Å². The zero-order chi connectivity index (χ0) is 27.9. The first-order valence-electron chi connectivity index (χ1n) is 12.9. The van der Waals surface area contributed by atoms with Crippen molar-refractivity contribution in [3.05, 3.63) is 53.0 Å². The van der Waals surface area contributed by atoms with Gasteiger partial charge in [-0.25, -0.2) is 9.97 Å². The van der Waals surface area contributed by atoms with Crippen molar-refractivity contribution in [1.82, 2.24) is 9.97 Å². The van der Waals surface area contributed by atoms with Crippen molar-refractivity contribution in [2.45, 2.75) is 77.9 Å². The third-order valence-electron chi connectivity index (χ3n) is 6.41. The number of carbonyl (C=O) groups excluding carboxylic acids is 1. The van der Waals surface area contributed by atoms with Crippen LogP contribution in [0.15, 0.2) is 41.9 Å². The van der Waals surface area contributed by atoms with Gasteiger partial charge in [-0.3, -0.25) is 9.69 Å². The summed E-state index contributed by atoms with van der Waals surface area (Å²) in [7, 11) is 0. The molecular formula is C28H35F3N4O2S. The van der Waals surface area contributed by atoms with Crippen LogP contribution in [-0.2, 0) is 17.4 Å². The van der Waals surface area contributed by atoms with Crippen molar-refractivity contribution in [2.75, 3.05) is 4.90 Å². The lowest BCUT2D eigenvalue weighted by atomic mass is 9.98. The minimum absolute atomic E-state index is 0.0647. The second kappa shape index (κ2) is 13.2. The largest absolute Gasteiger partial charge is 0.493 e. The summed E-state index contributed by atoms with van der Waals surface area (Å²) in [6.07, 6.45) is 3.05. The number of amides is 1. The zero-order valence-corrected chi connectivity index (χ0v) is 22.8. The number of carbonyl (C=O) groups is 1. The van der Waals surface area contributed by atoms with Gasteiger partial charge in [0.1, 0.15) is 0 Å². The molecule has 0 bridgehead atoms. The standard InChI is InChI=1S/C28H35F3N4O2S/c1-4-5-6-7-8-9-10-19-11-13-21(15-22(19)28(29,30)31)35(26(37)25(32)18(2)3)27-34-23(17-38-27)20-12-14-24(36)33-16-20/h11-18,25H,4-10,32H2,1-3H3,(H,33,36)/t25-/m0/s1. The molecule has 0 fully saturated rings. The minimum Gasteiger partial charge on any atom is -0.493 e. The Bertz CT molecular complexity index is 1200. The van der Waals surface area contributed by atoms with Gasteiger partial charge in [0.25, 0.3) is 5.91 Å². The number of unbranched alkanes of at least 4 members (excludes halogenated alkanes) is 5. The number of hydrogen-bond donors (Lipinski definition) is 2. The number of rotatable bonds is 12. The molecule has 2 heterocycles. The number of halogens is 3. The molecule has 0 unspecified atom stereocenters. The summed E-state index contributed by atoms with van der Waals surface area (Å²) in [5.74, 6) is -0.925. The lowest BCUT2D eigenvalue weighted by Crippen LogP contribution is -2.44. The number of thiazole rings is 1. The van der Waals surface area contributed by atoms with Gasteiger partial charge < -0.3 is 10.8 Å². The number of aryl methyl sites for hydroxylation is 1. The summed E-state index contributed by atoms with van der Waals surface area (Å²) >= 11 is 1.12. The van der Waals surface area contributed by atoms with Crippen LogP contribution in [0, 0.1) is 5.92 Å². The average molecular weight is 549 g/mol. The molecule has 1 aromatic carbocycles. The quantitative estimate of drug-likeness (QED) is 0.229. The Morgan fingerprint density at radius 2 is 1.82 bits per heavy atom. The molecule has 1 atom stereocenters. The fourth-order valence-corrected chi connectivity index (χ4v) is 4.94. The summed E-state index contributed by atoms with van der Waals surface area (Å²) in [6.45, 7) is 5.68. The fraction of sp³-hybridized carbons (Fsp3) is 0.464. The Balaban J connectivity index is 1.97. The molecule has 0 aliphatic rings. The lowest BCUT2D eigenvalue weighted by molar-refractivity contribution is -0.138. The van der Waals surface area contributed by atoms with E-state index in [4.69, 9.17) is 5.73 Å². The molecule has 3 N–H and O–H groups in total. The highest BCUT2D eigenvalue weighted by atomic mass is 32.1. The van der Waals surface area contributed by atoms with E-state index in [1.807, 2.05) is 0 Å². The Hall–Kier alpha value is -2.98. The molecule has 0 saturated heterocycles. The Kier molecular flexibility index (Phi) is 10.3. The molecular weight excluding hydrogens is 513 g/mol. The molecule has 2 aromatic heterocycles. The first-order chi connectivity index (χ1) is 18.0. The van der Waals surface area contributed by atoms with Crippen LogP contribution in [0.3, 0.4) is 0 Å². The number of alkyl halides is 3. The van der Waals surface area contributed by atoms with Gasteiger partial charge in [0, 0.05) is 23.2 Å². The Morgan fingerprint density at radius 1 is 1.11 bits per heavy atom. The van der Waals surface area contributed by atoms with Crippen LogP contribution >= 0.6 is 11.3 Å². The molecule has 6 nitrogen and oxygen atoms in total. The van der Waals surface area contributed by atoms with E-state index in [1.165, 1.54) is 29.3 Å². The van der Waals surface area contributed by atoms with E-state index in [-0.39, 0.29) is 28.2 Å². The molecule has 0 aliphatic carbocycles.